The van der Waals surface area contributed by atoms with Gasteiger partial charge in [0.2, 0.25) is 59.1 Å². The van der Waals surface area contributed by atoms with Crippen molar-refractivity contribution in [1.29, 1.82) is 0 Å². The van der Waals surface area contributed by atoms with Gasteiger partial charge in [-0.1, -0.05) is 26.7 Å². The molecule has 28 heteroatoms. The van der Waals surface area contributed by atoms with Crippen LogP contribution >= 0.6 is 0 Å². The van der Waals surface area contributed by atoms with Crippen LogP contribution in [0.2, 0.25) is 0 Å². The van der Waals surface area contributed by atoms with Crippen LogP contribution in [0.4, 0.5) is 0 Å². The van der Waals surface area contributed by atoms with Gasteiger partial charge in [0.1, 0.15) is 54.4 Å². The van der Waals surface area contributed by atoms with Crippen molar-refractivity contribution in [2.24, 2.45) is 34.2 Å². The fourth-order valence-corrected chi connectivity index (χ4v) is 11.8. The molecule has 3 aliphatic heterocycles. The number of carbonyl (C=O) groups excluding carboxylic acids is 10. The van der Waals surface area contributed by atoms with Crippen molar-refractivity contribution < 1.29 is 58.2 Å². The number of carbonyl (C=O) groups is 10. The van der Waals surface area contributed by atoms with Crippen LogP contribution in [0.15, 0.2) is 29.3 Å². The van der Waals surface area contributed by atoms with Gasteiger partial charge >= 0.3 is 0 Å². The number of aliphatic hydroxyl groups is 2. The van der Waals surface area contributed by atoms with Crippen molar-refractivity contribution in [3.8, 4) is 0 Å². The van der Waals surface area contributed by atoms with Gasteiger partial charge in [-0.25, -0.2) is 4.98 Å². The number of H-pyrrole nitrogens is 1. The van der Waals surface area contributed by atoms with Crippen LogP contribution in [-0.2, 0) is 54.4 Å². The second-order valence-corrected chi connectivity index (χ2v) is 23.4. The van der Waals surface area contributed by atoms with Crippen LogP contribution in [0.1, 0.15) is 143 Å². The molecule has 10 amide bonds. The molecule has 0 spiro atoms. The Morgan fingerprint density at radius 1 is 0.738 bits per heavy atom. The maximum Gasteiger partial charge on any atom is 0.245 e. The number of nitrogens with two attached hydrogens (primary N) is 2. The number of rotatable bonds is 30. The lowest BCUT2D eigenvalue weighted by Crippen LogP contribution is -2.61. The normalized spacial score (nSPS) is 23.5. The summed E-state index contributed by atoms with van der Waals surface area (Å²) in [6, 6.07) is -10.7. The van der Waals surface area contributed by atoms with E-state index in [1.165, 1.54) is 24.3 Å². The Balaban J connectivity index is 1.16. The summed E-state index contributed by atoms with van der Waals surface area (Å²) < 4.78 is 0. The van der Waals surface area contributed by atoms with E-state index in [0.29, 0.717) is 63.7 Å². The van der Waals surface area contributed by atoms with Gasteiger partial charge in [-0.15, -0.1) is 0 Å². The molecular formula is C56H90N16O12. The Kier molecular flexibility index (Phi) is 25.1. The minimum absolute atomic E-state index is 0.00471. The SMILES string of the molecule is CCNC(=O)C1CCCN1C(=O)C(CCCN=C(N)N)NC(=O)C(CC(C)C)NC(=O)C(C)NC(=O)C(CC1CCC(O)CC1)NC(=O)C(CO)NC(=O)C(CC1=CNC2CCCCC12)NC(=O)C(Cc1cnc[nH]1)NC(=O)C1CCC(=O)N1. The van der Waals surface area contributed by atoms with Crippen molar-refractivity contribution in [2.45, 2.75) is 210 Å². The second kappa shape index (κ2) is 32.1. The molecule has 0 aromatic carbocycles. The summed E-state index contributed by atoms with van der Waals surface area (Å²) in [7, 11) is 0. The summed E-state index contributed by atoms with van der Waals surface area (Å²) in [6.07, 6.45) is 11.7. The van der Waals surface area contributed by atoms with Crippen LogP contribution in [0.25, 0.3) is 0 Å². The van der Waals surface area contributed by atoms with Crippen molar-refractivity contribution in [3.63, 3.8) is 0 Å². The average molecular weight is 1180 g/mol. The van der Waals surface area contributed by atoms with Gasteiger partial charge in [0.25, 0.3) is 0 Å². The molecular weight excluding hydrogens is 1090 g/mol. The lowest BCUT2D eigenvalue weighted by atomic mass is 9.80. The number of hydrogen-bond acceptors (Lipinski definition) is 15. The molecule has 28 nitrogen and oxygen atoms in total. The smallest absolute Gasteiger partial charge is 0.245 e. The van der Waals surface area contributed by atoms with Crippen LogP contribution in [0, 0.1) is 17.8 Å². The number of nitrogens with zero attached hydrogens (tertiary/aromatic N) is 3. The molecule has 4 fully saturated rings. The highest BCUT2D eigenvalue weighted by atomic mass is 16.3. The number of hydrogen-bond donors (Lipinski definition) is 15. The largest absolute Gasteiger partial charge is 0.394 e. The number of likely N-dealkylation sites (tertiary alicyclic amines) is 1. The van der Waals surface area contributed by atoms with E-state index < -0.39 is 114 Å². The summed E-state index contributed by atoms with van der Waals surface area (Å²) in [6.45, 7) is 6.73. The van der Waals surface area contributed by atoms with Gasteiger partial charge in [-0.3, -0.25) is 52.9 Å². The van der Waals surface area contributed by atoms with Gasteiger partial charge < -0.3 is 84.7 Å². The van der Waals surface area contributed by atoms with E-state index in [-0.39, 0.29) is 93.1 Å². The fourth-order valence-electron chi connectivity index (χ4n) is 11.8. The van der Waals surface area contributed by atoms with Gasteiger partial charge in [0.15, 0.2) is 5.96 Å². The number of guanidine groups is 1. The number of aromatic nitrogens is 2. The highest BCUT2D eigenvalue weighted by Gasteiger charge is 2.41. The van der Waals surface area contributed by atoms with Crippen LogP contribution < -0.4 is 64.6 Å². The van der Waals surface area contributed by atoms with Crippen molar-refractivity contribution >= 4 is 65.0 Å². The lowest BCUT2D eigenvalue weighted by molar-refractivity contribution is -0.142. The Morgan fingerprint density at radius 3 is 2.04 bits per heavy atom. The highest BCUT2D eigenvalue weighted by molar-refractivity contribution is 5.99. The number of aromatic amines is 1. The molecule has 1 aromatic heterocycles. The van der Waals surface area contributed by atoms with Gasteiger partial charge in [0.05, 0.1) is 19.0 Å². The third-order valence-electron chi connectivity index (χ3n) is 16.4. The monoisotopic (exact) mass is 1180 g/mol. The maximum atomic E-state index is 14.6. The molecule has 17 N–H and O–H groups in total. The van der Waals surface area contributed by atoms with Gasteiger partial charge in [0, 0.05) is 56.3 Å². The van der Waals surface area contributed by atoms with Crippen LogP contribution in [-0.4, -0.2) is 183 Å². The molecule has 2 saturated carbocycles. The van der Waals surface area contributed by atoms with E-state index in [1.54, 1.807) is 6.92 Å². The Bertz CT molecular complexity index is 2520. The number of aliphatic hydroxyl groups excluding tert-OH is 2. The lowest BCUT2D eigenvalue weighted by Gasteiger charge is -2.31. The minimum Gasteiger partial charge on any atom is -0.394 e. The molecule has 11 unspecified atom stereocenters. The molecule has 2 saturated heterocycles. The highest BCUT2D eigenvalue weighted by Crippen LogP contribution is 2.36. The number of likely N-dealkylation sites (N-methyl/N-ethyl adjacent to an activating group) is 1. The Morgan fingerprint density at radius 2 is 1.38 bits per heavy atom. The molecule has 466 valence electrons. The summed E-state index contributed by atoms with van der Waals surface area (Å²) in [4.78, 5) is 151. The number of fused-ring (bicyclic) bond motifs is 1. The first-order valence-electron chi connectivity index (χ1n) is 29.9. The summed E-state index contributed by atoms with van der Waals surface area (Å²) in [5, 5.41) is 48.8. The summed E-state index contributed by atoms with van der Waals surface area (Å²) in [5.74, 6) is -6.87. The van der Waals surface area contributed by atoms with Crippen molar-refractivity contribution in [1.82, 2.24) is 68.0 Å². The van der Waals surface area contributed by atoms with E-state index in [9.17, 15) is 58.2 Å². The molecule has 0 radical (unpaired) electrons. The number of aliphatic imine (C=N–C) groups is 1. The first-order valence-corrected chi connectivity index (χ1v) is 29.9. The van der Waals surface area contributed by atoms with Crippen LogP contribution in [0.3, 0.4) is 0 Å². The summed E-state index contributed by atoms with van der Waals surface area (Å²) >= 11 is 0. The van der Waals surface area contributed by atoms with E-state index in [4.69, 9.17) is 11.5 Å². The first kappa shape index (κ1) is 65.8. The van der Waals surface area contributed by atoms with Gasteiger partial charge in [-0.05, 0) is 127 Å². The first-order chi connectivity index (χ1) is 40.1. The predicted octanol–water partition coefficient (Wildman–Crippen LogP) is -2.76. The molecule has 2 aliphatic carbocycles. The zero-order chi connectivity index (χ0) is 61.0. The predicted molar refractivity (Wildman–Crippen MR) is 307 cm³/mol. The van der Waals surface area contributed by atoms with E-state index >= 15 is 0 Å². The van der Waals surface area contributed by atoms with Crippen molar-refractivity contribution in [2.75, 3.05) is 26.2 Å². The minimum atomic E-state index is -1.66. The maximum absolute atomic E-state index is 14.6. The third-order valence-corrected chi connectivity index (χ3v) is 16.4. The van der Waals surface area contributed by atoms with Crippen molar-refractivity contribution in [3.05, 3.63) is 30.0 Å². The third kappa shape index (κ3) is 19.3. The summed E-state index contributed by atoms with van der Waals surface area (Å²) in [5.41, 5.74) is 12.4. The zero-order valence-electron chi connectivity index (χ0n) is 48.8. The molecule has 0 bridgehead atoms. The number of imidazole rings is 1. The molecule has 4 heterocycles. The zero-order valence-corrected chi connectivity index (χ0v) is 48.8. The van der Waals surface area contributed by atoms with E-state index in [2.05, 4.69) is 68.1 Å². The van der Waals surface area contributed by atoms with Crippen LogP contribution in [0.5, 0.6) is 0 Å². The second-order valence-electron chi connectivity index (χ2n) is 23.4. The Labute approximate surface area is 490 Å². The number of amides is 10. The van der Waals surface area contributed by atoms with E-state index in [0.717, 1.165) is 31.3 Å². The fraction of sp³-hybridized carbons (Fsp3) is 0.714. The molecule has 1 aromatic rings. The van der Waals surface area contributed by atoms with E-state index in [1.807, 2.05) is 20.0 Å². The molecule has 11 atom stereocenters. The molecule has 6 rings (SSSR count). The Hall–Kier alpha value is -7.36. The molecule has 5 aliphatic rings. The average Bonchev–Trinajstić information content (AvgIpc) is 4.48. The standard InChI is InChI=1S/C56H90N16O12/c1-5-60-54(83)45-13-9-21-72(45)55(84)39(12-8-20-61-56(57)58)66-50(79)40(22-30(2)3)67-47(76)31(4)64-49(78)41(23-32-14-16-35(74)17-15-32)68-53(82)44(28-73)71-51(80)42(24-33-26-62-37-11-7-6-10-36(33)37)69-52(81)43(25-34-27-59-29-63-34)70-48(77)38-18-19-46(75)65-38/h26-27,29-32,35-45,62,73-74H,5-25,28H2,1-4H3,(H,59,63)(H,60,83)(H,64,78)(H,65,75)(H,66,79)(H,67,76)(H,68,82)(H,69,81)(H,70,77)(H,71,80)(H4,57,58,61). The number of nitrogens with one attached hydrogen (secondary N) is 11. The quantitative estimate of drug-likeness (QED) is 0.0211. The topological polar surface area (TPSA) is 428 Å². The van der Waals surface area contributed by atoms with Gasteiger partial charge in [-0.2, -0.15) is 0 Å². The molecule has 84 heavy (non-hydrogen) atoms.